The molecule has 1 aromatic carbocycles. The molecule has 0 aliphatic carbocycles. The van der Waals surface area contributed by atoms with E-state index in [4.69, 9.17) is 10.4 Å². The number of nitriles is 1. The topological polar surface area (TPSA) is 107 Å². The lowest BCUT2D eigenvalue weighted by Crippen LogP contribution is -2.33. The first-order valence-corrected chi connectivity index (χ1v) is 6.00. The number of nitrogens with zero attached hydrogens (tertiary/aromatic N) is 3. The molecule has 0 aromatic heterocycles. The number of carboxylic acid groups (broad SMARTS) is 1. The average Bonchev–Trinajstić information content (AvgIpc) is 2.35. The van der Waals surface area contributed by atoms with E-state index in [2.05, 4.69) is 0 Å². The summed E-state index contributed by atoms with van der Waals surface area (Å²) in [6.07, 6.45) is 0. The van der Waals surface area contributed by atoms with Crippen LogP contribution >= 0.6 is 0 Å². The van der Waals surface area contributed by atoms with Gasteiger partial charge in [-0.05, 0) is 12.0 Å². The third-order valence-electron chi connectivity index (χ3n) is 2.56. The summed E-state index contributed by atoms with van der Waals surface area (Å²) in [5, 5.41) is 28.7. The number of rotatable bonds is 6. The predicted octanol–water partition coefficient (Wildman–Crippen LogP) is 2.01. The van der Waals surface area contributed by atoms with Gasteiger partial charge in [0, 0.05) is 18.7 Å². The van der Waals surface area contributed by atoms with Crippen LogP contribution in [-0.2, 0) is 4.79 Å². The molecular formula is C13H15N3O4. The van der Waals surface area contributed by atoms with Gasteiger partial charge in [0.15, 0.2) is 0 Å². The van der Waals surface area contributed by atoms with Crippen LogP contribution in [0.5, 0.6) is 0 Å². The van der Waals surface area contributed by atoms with Crippen molar-refractivity contribution in [3.63, 3.8) is 0 Å². The molecule has 106 valence electrons. The molecule has 0 unspecified atom stereocenters. The smallest absolute Gasteiger partial charge is 0.323 e. The van der Waals surface area contributed by atoms with Gasteiger partial charge in [0.2, 0.25) is 0 Å². The SMILES string of the molecule is CC(C)CN(CC(=O)O)c1ccc([N+](=O)[O-])cc1C#N. The van der Waals surface area contributed by atoms with Gasteiger partial charge in [0.1, 0.15) is 12.6 Å². The van der Waals surface area contributed by atoms with Crippen LogP contribution in [0.25, 0.3) is 0 Å². The molecule has 0 aliphatic rings. The highest BCUT2D eigenvalue weighted by atomic mass is 16.6. The lowest BCUT2D eigenvalue weighted by atomic mass is 10.1. The van der Waals surface area contributed by atoms with Crippen LogP contribution in [-0.4, -0.2) is 29.1 Å². The van der Waals surface area contributed by atoms with Crippen LogP contribution in [0.4, 0.5) is 11.4 Å². The van der Waals surface area contributed by atoms with Gasteiger partial charge in [-0.1, -0.05) is 13.8 Å². The number of carbonyl (C=O) groups is 1. The van der Waals surface area contributed by atoms with E-state index in [0.717, 1.165) is 6.07 Å². The number of aliphatic carboxylic acids is 1. The summed E-state index contributed by atoms with van der Waals surface area (Å²) in [5.41, 5.74) is 0.306. The summed E-state index contributed by atoms with van der Waals surface area (Å²) >= 11 is 0. The molecule has 0 saturated carbocycles. The molecule has 0 bridgehead atoms. The van der Waals surface area contributed by atoms with Crippen molar-refractivity contribution in [2.75, 3.05) is 18.0 Å². The molecule has 1 aromatic rings. The number of nitro groups is 1. The van der Waals surface area contributed by atoms with Crippen molar-refractivity contribution in [2.45, 2.75) is 13.8 Å². The Kier molecular flexibility index (Phi) is 5.03. The van der Waals surface area contributed by atoms with Crippen molar-refractivity contribution < 1.29 is 14.8 Å². The lowest BCUT2D eigenvalue weighted by molar-refractivity contribution is -0.384. The third kappa shape index (κ3) is 3.95. The Labute approximate surface area is 116 Å². The quantitative estimate of drug-likeness (QED) is 0.629. The highest BCUT2D eigenvalue weighted by molar-refractivity contribution is 5.75. The van der Waals surface area contributed by atoms with E-state index in [1.165, 1.54) is 17.0 Å². The fraction of sp³-hybridized carbons (Fsp3) is 0.385. The number of hydrogen-bond acceptors (Lipinski definition) is 5. The molecule has 0 spiro atoms. The Morgan fingerprint density at radius 1 is 1.55 bits per heavy atom. The minimum absolute atomic E-state index is 0.0982. The molecule has 20 heavy (non-hydrogen) atoms. The summed E-state index contributed by atoms with van der Waals surface area (Å²) in [7, 11) is 0. The maximum atomic E-state index is 10.9. The molecule has 0 aliphatic heterocycles. The second-order valence-corrected chi connectivity index (χ2v) is 4.74. The molecule has 7 heteroatoms. The standard InChI is InChI=1S/C13H15N3O4/c1-9(2)7-15(8-13(17)18)12-4-3-11(16(19)20)5-10(12)6-14/h3-5,9H,7-8H2,1-2H3,(H,17,18). The van der Waals surface area contributed by atoms with Crippen LogP contribution in [0.2, 0.25) is 0 Å². The summed E-state index contributed by atoms with van der Waals surface area (Å²) in [4.78, 5) is 22.5. The highest BCUT2D eigenvalue weighted by Crippen LogP contribution is 2.25. The van der Waals surface area contributed by atoms with Gasteiger partial charge in [-0.3, -0.25) is 14.9 Å². The fourth-order valence-electron chi connectivity index (χ4n) is 1.86. The van der Waals surface area contributed by atoms with Crippen LogP contribution in [0.15, 0.2) is 18.2 Å². The monoisotopic (exact) mass is 277 g/mol. The first-order valence-electron chi connectivity index (χ1n) is 6.00. The van der Waals surface area contributed by atoms with Gasteiger partial charge in [-0.15, -0.1) is 0 Å². The van der Waals surface area contributed by atoms with Gasteiger partial charge in [0.05, 0.1) is 16.2 Å². The van der Waals surface area contributed by atoms with Crippen LogP contribution < -0.4 is 4.90 Å². The maximum Gasteiger partial charge on any atom is 0.323 e. The van der Waals surface area contributed by atoms with Crippen molar-refractivity contribution in [2.24, 2.45) is 5.92 Å². The lowest BCUT2D eigenvalue weighted by Gasteiger charge is -2.25. The molecule has 0 heterocycles. The van der Waals surface area contributed by atoms with Crippen LogP contribution in [0.1, 0.15) is 19.4 Å². The zero-order chi connectivity index (χ0) is 15.3. The Morgan fingerprint density at radius 2 is 2.20 bits per heavy atom. The normalized spacial score (nSPS) is 10.1. The Morgan fingerprint density at radius 3 is 2.65 bits per heavy atom. The van der Waals surface area contributed by atoms with Gasteiger partial charge in [0.25, 0.3) is 5.69 Å². The molecule has 7 nitrogen and oxygen atoms in total. The minimum atomic E-state index is -1.02. The van der Waals surface area contributed by atoms with Crippen molar-refractivity contribution in [1.82, 2.24) is 0 Å². The molecule has 1 N–H and O–H groups in total. The number of non-ortho nitro benzene ring substituents is 1. The molecule has 0 amide bonds. The van der Waals surface area contributed by atoms with E-state index < -0.39 is 10.9 Å². The zero-order valence-corrected chi connectivity index (χ0v) is 11.2. The molecule has 0 atom stereocenters. The number of carboxylic acids is 1. The Bertz CT molecular complexity index is 563. The summed E-state index contributed by atoms with van der Waals surface area (Å²) < 4.78 is 0. The van der Waals surface area contributed by atoms with Gasteiger partial charge >= 0.3 is 5.97 Å². The fourth-order valence-corrected chi connectivity index (χ4v) is 1.86. The first kappa shape index (κ1) is 15.4. The number of hydrogen-bond donors (Lipinski definition) is 1. The Balaban J connectivity index is 3.22. The van der Waals surface area contributed by atoms with E-state index in [1.807, 2.05) is 19.9 Å². The zero-order valence-electron chi connectivity index (χ0n) is 11.2. The van der Waals surface area contributed by atoms with E-state index in [1.54, 1.807) is 0 Å². The van der Waals surface area contributed by atoms with E-state index in [9.17, 15) is 14.9 Å². The molecule has 0 fully saturated rings. The second-order valence-electron chi connectivity index (χ2n) is 4.74. The van der Waals surface area contributed by atoms with Crippen molar-refractivity contribution in [1.29, 1.82) is 5.26 Å². The maximum absolute atomic E-state index is 10.9. The minimum Gasteiger partial charge on any atom is -0.480 e. The van der Waals surface area contributed by atoms with Gasteiger partial charge in [-0.2, -0.15) is 5.26 Å². The van der Waals surface area contributed by atoms with Crippen LogP contribution in [0.3, 0.4) is 0 Å². The van der Waals surface area contributed by atoms with E-state index in [0.29, 0.717) is 12.2 Å². The van der Waals surface area contributed by atoms with Crippen molar-refractivity contribution >= 4 is 17.3 Å². The number of nitro benzene ring substituents is 1. The second kappa shape index (κ2) is 6.52. The molecular weight excluding hydrogens is 262 g/mol. The van der Waals surface area contributed by atoms with E-state index in [-0.39, 0.29) is 23.7 Å². The van der Waals surface area contributed by atoms with E-state index >= 15 is 0 Å². The predicted molar refractivity (Wildman–Crippen MR) is 72.5 cm³/mol. The Hall–Kier alpha value is -2.62. The third-order valence-corrected chi connectivity index (χ3v) is 2.56. The van der Waals surface area contributed by atoms with Crippen LogP contribution in [0, 0.1) is 27.4 Å². The largest absolute Gasteiger partial charge is 0.480 e. The summed E-state index contributed by atoms with van der Waals surface area (Å²) in [6.45, 7) is 4.03. The molecule has 1 rings (SSSR count). The first-order chi connectivity index (χ1) is 9.35. The average molecular weight is 277 g/mol. The summed E-state index contributed by atoms with van der Waals surface area (Å²) in [6, 6.07) is 5.72. The van der Waals surface area contributed by atoms with Crippen molar-refractivity contribution in [3.05, 3.63) is 33.9 Å². The molecule has 0 radical (unpaired) electrons. The number of benzene rings is 1. The highest BCUT2D eigenvalue weighted by Gasteiger charge is 2.18. The van der Waals surface area contributed by atoms with Gasteiger partial charge in [-0.25, -0.2) is 0 Å². The number of anilines is 1. The van der Waals surface area contributed by atoms with Gasteiger partial charge < -0.3 is 10.0 Å². The summed E-state index contributed by atoms with van der Waals surface area (Å²) in [5.74, 6) is -0.830. The van der Waals surface area contributed by atoms with Crippen molar-refractivity contribution in [3.8, 4) is 6.07 Å². The molecule has 0 saturated heterocycles.